The quantitative estimate of drug-likeness (QED) is 0.571. The minimum Gasteiger partial charge on any atom is -0.497 e. The van der Waals surface area contributed by atoms with E-state index < -0.39 is 0 Å². The number of fused-ring (bicyclic) bond motifs is 1. The number of amides is 1. The van der Waals surface area contributed by atoms with Crippen molar-refractivity contribution in [2.24, 2.45) is 5.73 Å². The van der Waals surface area contributed by atoms with Crippen LogP contribution >= 0.6 is 0 Å². The zero-order valence-electron chi connectivity index (χ0n) is 18.1. The summed E-state index contributed by atoms with van der Waals surface area (Å²) in [5.41, 5.74) is 13.6. The van der Waals surface area contributed by atoms with Gasteiger partial charge in [-0.3, -0.25) is 4.79 Å². The number of ether oxygens (including phenoxy) is 1. The molecule has 156 valence electrons. The largest absolute Gasteiger partial charge is 0.497 e. The van der Waals surface area contributed by atoms with Gasteiger partial charge >= 0.3 is 0 Å². The van der Waals surface area contributed by atoms with Crippen LogP contribution in [0.3, 0.4) is 0 Å². The molecule has 1 aromatic heterocycles. The highest BCUT2D eigenvalue weighted by Crippen LogP contribution is 2.42. The lowest BCUT2D eigenvalue weighted by Gasteiger charge is -2.21. The maximum atomic E-state index is 12.6. The number of carbonyl (C=O) groups is 1. The number of benzene rings is 2. The van der Waals surface area contributed by atoms with Gasteiger partial charge in [0.2, 0.25) is 0 Å². The Balaban J connectivity index is 1.95. The highest BCUT2D eigenvalue weighted by Gasteiger charge is 2.31. The third-order valence-electron chi connectivity index (χ3n) is 6.36. The Hall–Kier alpha value is -3.01. The van der Waals surface area contributed by atoms with Crippen LogP contribution in [0.15, 0.2) is 48.5 Å². The summed E-state index contributed by atoms with van der Waals surface area (Å²) >= 11 is 0. The van der Waals surface area contributed by atoms with Gasteiger partial charge in [0.25, 0.3) is 5.91 Å². The van der Waals surface area contributed by atoms with Crippen molar-refractivity contribution in [3.63, 3.8) is 0 Å². The van der Waals surface area contributed by atoms with Crippen molar-refractivity contribution in [2.75, 3.05) is 7.11 Å². The van der Waals surface area contributed by atoms with Gasteiger partial charge in [-0.05, 0) is 61.4 Å². The number of carbonyl (C=O) groups excluding carboxylic acids is 1. The number of nitrogens with zero attached hydrogens (tertiary/aromatic N) is 1. The maximum absolute atomic E-state index is 12.6. The van der Waals surface area contributed by atoms with Crippen LogP contribution in [-0.4, -0.2) is 17.6 Å². The van der Waals surface area contributed by atoms with Gasteiger partial charge in [-0.25, -0.2) is 0 Å². The molecule has 0 saturated carbocycles. The van der Waals surface area contributed by atoms with Crippen LogP contribution in [0.4, 0.5) is 0 Å². The molecular weight excluding hydrogens is 372 g/mol. The Morgan fingerprint density at radius 1 is 1.17 bits per heavy atom. The molecule has 1 aliphatic rings. The van der Waals surface area contributed by atoms with E-state index in [1.54, 1.807) is 7.11 Å². The Bertz CT molecular complexity index is 1060. The fraction of sp³-hybridized carbons (Fsp3) is 0.346. The Morgan fingerprint density at radius 3 is 2.57 bits per heavy atom. The fourth-order valence-electron chi connectivity index (χ4n) is 4.95. The van der Waals surface area contributed by atoms with Crippen LogP contribution in [0.25, 0.3) is 11.1 Å². The molecular formula is C26H30N2O2. The monoisotopic (exact) mass is 402 g/mol. The third kappa shape index (κ3) is 3.41. The van der Waals surface area contributed by atoms with Crippen LogP contribution < -0.4 is 10.5 Å². The molecule has 3 aromatic rings. The Labute approximate surface area is 178 Å². The first-order valence-electron chi connectivity index (χ1n) is 10.8. The molecule has 1 heterocycles. The van der Waals surface area contributed by atoms with Crippen LogP contribution in [0.1, 0.15) is 65.1 Å². The van der Waals surface area contributed by atoms with E-state index in [-0.39, 0.29) is 11.9 Å². The zero-order chi connectivity index (χ0) is 21.3. The van der Waals surface area contributed by atoms with E-state index in [4.69, 9.17) is 10.5 Å². The summed E-state index contributed by atoms with van der Waals surface area (Å²) in [5, 5.41) is 0. The van der Waals surface area contributed by atoms with Gasteiger partial charge in [0.1, 0.15) is 5.75 Å². The van der Waals surface area contributed by atoms with E-state index in [1.807, 2.05) is 31.2 Å². The maximum Gasteiger partial charge on any atom is 0.251 e. The van der Waals surface area contributed by atoms with Gasteiger partial charge < -0.3 is 15.0 Å². The van der Waals surface area contributed by atoms with Crippen molar-refractivity contribution in [2.45, 2.75) is 52.0 Å². The van der Waals surface area contributed by atoms with Crippen LogP contribution in [0.2, 0.25) is 0 Å². The summed E-state index contributed by atoms with van der Waals surface area (Å²) in [6, 6.07) is 16.9. The van der Waals surface area contributed by atoms with Crippen molar-refractivity contribution < 1.29 is 9.53 Å². The van der Waals surface area contributed by atoms with Gasteiger partial charge in [0.15, 0.2) is 0 Å². The second-order valence-corrected chi connectivity index (χ2v) is 8.10. The van der Waals surface area contributed by atoms with Gasteiger partial charge in [-0.15, -0.1) is 0 Å². The summed E-state index contributed by atoms with van der Waals surface area (Å²) in [7, 11) is 1.66. The number of aryl methyl sites for hydroxylation is 1. The fourth-order valence-corrected chi connectivity index (χ4v) is 4.95. The number of methoxy groups -OCH3 is 1. The molecule has 4 rings (SSSR count). The molecule has 4 heteroatoms. The van der Waals surface area contributed by atoms with E-state index in [0.717, 1.165) is 54.7 Å². The molecule has 2 aromatic carbocycles. The smallest absolute Gasteiger partial charge is 0.251 e. The number of aromatic nitrogens is 1. The van der Waals surface area contributed by atoms with E-state index in [2.05, 4.69) is 35.8 Å². The molecule has 4 nitrogen and oxygen atoms in total. The minimum atomic E-state index is -0.360. The molecule has 2 N–H and O–H groups in total. The first kappa shape index (κ1) is 20.3. The lowest BCUT2D eigenvalue weighted by molar-refractivity contribution is 0.1000. The van der Waals surface area contributed by atoms with Gasteiger partial charge in [0.05, 0.1) is 18.7 Å². The average molecular weight is 403 g/mol. The lowest BCUT2D eigenvalue weighted by atomic mass is 9.97. The molecule has 0 radical (unpaired) electrons. The van der Waals surface area contributed by atoms with Crippen molar-refractivity contribution in [1.29, 1.82) is 0 Å². The normalized spacial score (nSPS) is 15.2. The van der Waals surface area contributed by atoms with Crippen molar-refractivity contribution in [3.8, 4) is 16.9 Å². The Kier molecular flexibility index (Phi) is 5.67. The SMILES string of the molecule is CCCCc1c(-c2ccc(OC)cc2)c(C(N)=O)c(C)n1C1CCc2ccccc21. The molecule has 30 heavy (non-hydrogen) atoms. The van der Waals surface area contributed by atoms with Gasteiger partial charge in [-0.1, -0.05) is 49.7 Å². The van der Waals surface area contributed by atoms with E-state index in [1.165, 1.54) is 16.8 Å². The van der Waals surface area contributed by atoms with Crippen LogP contribution in [-0.2, 0) is 12.8 Å². The number of hydrogen-bond donors (Lipinski definition) is 1. The Morgan fingerprint density at radius 2 is 1.90 bits per heavy atom. The number of unbranched alkanes of at least 4 members (excludes halogenated alkanes) is 1. The first-order valence-corrected chi connectivity index (χ1v) is 10.8. The molecule has 1 unspecified atom stereocenters. The number of rotatable bonds is 7. The second kappa shape index (κ2) is 8.39. The molecule has 1 amide bonds. The average Bonchev–Trinajstić information content (AvgIpc) is 3.30. The van der Waals surface area contributed by atoms with Crippen LogP contribution in [0, 0.1) is 6.92 Å². The lowest BCUT2D eigenvalue weighted by Crippen LogP contribution is -2.15. The predicted octanol–water partition coefficient (Wildman–Crippen LogP) is 5.45. The van der Waals surface area contributed by atoms with E-state index in [9.17, 15) is 4.79 Å². The molecule has 0 bridgehead atoms. The second-order valence-electron chi connectivity index (χ2n) is 8.10. The standard InChI is InChI=1S/C26H30N2O2/c1-4-5-10-23-25(19-11-14-20(30-3)15-12-19)24(26(27)29)17(2)28(23)22-16-13-18-8-6-7-9-21(18)22/h6-9,11-12,14-15,22H,4-5,10,13,16H2,1-3H3,(H2,27,29). The summed E-state index contributed by atoms with van der Waals surface area (Å²) in [4.78, 5) is 12.6. The van der Waals surface area contributed by atoms with Crippen molar-refractivity contribution in [3.05, 3.63) is 76.6 Å². The molecule has 1 aliphatic carbocycles. The van der Waals surface area contributed by atoms with E-state index >= 15 is 0 Å². The molecule has 0 saturated heterocycles. The highest BCUT2D eigenvalue weighted by molar-refractivity contribution is 6.02. The number of nitrogens with two attached hydrogens (primary N) is 1. The summed E-state index contributed by atoms with van der Waals surface area (Å²) in [6.07, 6.45) is 5.20. The zero-order valence-corrected chi connectivity index (χ0v) is 18.1. The third-order valence-corrected chi connectivity index (χ3v) is 6.36. The predicted molar refractivity (Wildman–Crippen MR) is 121 cm³/mol. The molecule has 0 fully saturated rings. The van der Waals surface area contributed by atoms with Crippen molar-refractivity contribution >= 4 is 5.91 Å². The molecule has 1 atom stereocenters. The topological polar surface area (TPSA) is 57.2 Å². The molecule has 0 aliphatic heterocycles. The highest BCUT2D eigenvalue weighted by atomic mass is 16.5. The van der Waals surface area contributed by atoms with Crippen molar-refractivity contribution in [1.82, 2.24) is 4.57 Å². The van der Waals surface area contributed by atoms with Gasteiger partial charge in [0, 0.05) is 17.0 Å². The van der Waals surface area contributed by atoms with Crippen LogP contribution in [0.5, 0.6) is 5.75 Å². The first-order chi connectivity index (χ1) is 14.6. The summed E-state index contributed by atoms with van der Waals surface area (Å²) in [5.74, 6) is 0.441. The molecule has 0 spiro atoms. The van der Waals surface area contributed by atoms with Gasteiger partial charge in [-0.2, -0.15) is 0 Å². The number of primary amides is 1. The summed E-state index contributed by atoms with van der Waals surface area (Å²) in [6.45, 7) is 4.25. The summed E-state index contributed by atoms with van der Waals surface area (Å²) < 4.78 is 7.73. The van der Waals surface area contributed by atoms with E-state index in [0.29, 0.717) is 5.56 Å². The number of hydrogen-bond acceptors (Lipinski definition) is 2. The minimum absolute atomic E-state index is 0.248.